The maximum Gasteiger partial charge on any atom is 0.413 e. The van der Waals surface area contributed by atoms with Gasteiger partial charge >= 0.3 is 12.2 Å². The number of pyridine rings is 1. The molecule has 1 atom stereocenters. The molecule has 1 unspecified atom stereocenters. The molecule has 3 aromatic rings. The third-order valence-electron chi connectivity index (χ3n) is 7.42. The second-order valence-corrected chi connectivity index (χ2v) is 13.1. The summed E-state index contributed by atoms with van der Waals surface area (Å²) in [7, 11) is 0. The van der Waals surface area contributed by atoms with Crippen LogP contribution in [0.5, 0.6) is 0 Å². The van der Waals surface area contributed by atoms with Crippen molar-refractivity contribution in [2.75, 3.05) is 18.0 Å². The highest BCUT2D eigenvalue weighted by molar-refractivity contribution is 6.36. The molecule has 0 saturated heterocycles. The van der Waals surface area contributed by atoms with E-state index in [0.717, 1.165) is 11.3 Å². The maximum atomic E-state index is 13.4. The monoisotopic (exact) mass is 625 g/mol. The average Bonchev–Trinajstić information content (AvgIpc) is 3.56. The smallest absolute Gasteiger partial charge is 0.413 e. The number of para-hydroxylation sites is 1. The Bertz CT molecular complexity index is 1860. The Morgan fingerprint density at radius 3 is 2.30 bits per heavy atom. The lowest BCUT2D eigenvalue weighted by Gasteiger charge is -2.24. The number of imidazole rings is 1. The zero-order valence-corrected chi connectivity index (χ0v) is 26.4. The van der Waals surface area contributed by atoms with E-state index in [4.69, 9.17) is 9.47 Å². The number of anilines is 1. The number of hydrogen-bond donors (Lipinski definition) is 3. The number of carbonyl (C=O) groups is 4. The van der Waals surface area contributed by atoms with E-state index < -0.39 is 41.1 Å². The van der Waals surface area contributed by atoms with E-state index in [9.17, 15) is 19.2 Å². The number of benzene rings is 1. The molecule has 238 valence electrons. The Kier molecular flexibility index (Phi) is 7.42. The molecule has 5 heterocycles. The van der Waals surface area contributed by atoms with Gasteiger partial charge in [-0.2, -0.15) is 0 Å². The Labute approximate surface area is 265 Å². The van der Waals surface area contributed by atoms with Crippen LogP contribution in [0.15, 0.2) is 65.2 Å². The summed E-state index contributed by atoms with van der Waals surface area (Å²) >= 11 is 0. The van der Waals surface area contributed by atoms with Gasteiger partial charge in [0, 0.05) is 36.0 Å². The van der Waals surface area contributed by atoms with Crippen LogP contribution in [-0.2, 0) is 19.1 Å². The number of nitrogens with zero attached hydrogens (tertiary/aromatic N) is 4. The summed E-state index contributed by atoms with van der Waals surface area (Å²) in [6.07, 6.45) is 3.47. The molecular weight excluding hydrogens is 590 g/mol. The molecule has 0 aliphatic carbocycles. The number of amides is 4. The highest BCUT2D eigenvalue weighted by atomic mass is 16.6. The fourth-order valence-electron chi connectivity index (χ4n) is 5.84. The molecule has 46 heavy (non-hydrogen) atoms. The molecule has 0 fully saturated rings. The minimum atomic E-state index is -0.803. The van der Waals surface area contributed by atoms with Gasteiger partial charge in [0.1, 0.15) is 28.4 Å². The number of hydrogen-bond acceptors (Lipinski definition) is 9. The van der Waals surface area contributed by atoms with Gasteiger partial charge in [0.25, 0.3) is 11.8 Å². The van der Waals surface area contributed by atoms with Gasteiger partial charge in [-0.25, -0.2) is 14.6 Å². The van der Waals surface area contributed by atoms with E-state index in [1.165, 1.54) is 0 Å². The molecule has 4 amide bonds. The van der Waals surface area contributed by atoms with Crippen LogP contribution in [0.2, 0.25) is 0 Å². The molecule has 13 heteroatoms. The van der Waals surface area contributed by atoms with E-state index in [-0.39, 0.29) is 17.1 Å². The minimum Gasteiger partial charge on any atom is -0.444 e. The normalized spacial score (nSPS) is 17.6. The number of imide groups is 1. The van der Waals surface area contributed by atoms with E-state index >= 15 is 0 Å². The van der Waals surface area contributed by atoms with Crippen molar-refractivity contribution in [3.05, 3.63) is 77.0 Å². The molecule has 0 spiro atoms. The molecule has 0 bridgehead atoms. The summed E-state index contributed by atoms with van der Waals surface area (Å²) < 4.78 is 12.7. The standard InChI is InChI=1S/C33H35N7O6/c1-32(2,3)45-30(43)36-27(37-31(44)46-33(4,5)6)25-19-11-9-10-18-20(17-39(26(18)19)15-13-34-25)23-24(29(42)38-28(23)41)21-16-35-22-12-7-8-14-40(21)22/h7-14,16,20H,15,17H2,1-6H3,(H,36,43)(H,37,44)(H,38,41,42). The molecule has 3 aliphatic heterocycles. The van der Waals surface area contributed by atoms with E-state index in [2.05, 4.69) is 30.8 Å². The quantitative estimate of drug-likeness (QED) is 0.366. The first-order chi connectivity index (χ1) is 21.7. The van der Waals surface area contributed by atoms with Crippen molar-refractivity contribution in [1.29, 1.82) is 0 Å². The van der Waals surface area contributed by atoms with Gasteiger partial charge in [0.15, 0.2) is 0 Å². The Morgan fingerprint density at radius 2 is 1.63 bits per heavy atom. The molecule has 2 aromatic heterocycles. The SMILES string of the molecule is CC(C)(C)OC(=O)NC(NC(=O)OC(C)(C)C)=C1N=CCN2CC(C3=C(c4cnc5ccccn45)C(=O)NC3=O)c3cccc1c32. The van der Waals surface area contributed by atoms with Crippen molar-refractivity contribution in [1.82, 2.24) is 25.3 Å². The first kappa shape index (κ1) is 30.6. The summed E-state index contributed by atoms with van der Waals surface area (Å²) in [4.78, 5) is 63.7. The summed E-state index contributed by atoms with van der Waals surface area (Å²) in [6.45, 7) is 11.1. The number of ether oxygens (including phenoxy) is 2. The van der Waals surface area contributed by atoms with Crippen molar-refractivity contribution in [3.63, 3.8) is 0 Å². The number of aliphatic imine (C=N–C) groups is 1. The van der Waals surface area contributed by atoms with Gasteiger partial charge in [-0.1, -0.05) is 24.3 Å². The fraction of sp³-hybridized carbons (Fsp3) is 0.333. The van der Waals surface area contributed by atoms with Crippen LogP contribution in [0.1, 0.15) is 64.3 Å². The van der Waals surface area contributed by atoms with Gasteiger partial charge in [-0.15, -0.1) is 0 Å². The van der Waals surface area contributed by atoms with Gasteiger partial charge in [-0.05, 0) is 59.2 Å². The van der Waals surface area contributed by atoms with Crippen molar-refractivity contribution in [3.8, 4) is 0 Å². The number of fused-ring (bicyclic) bond motifs is 1. The van der Waals surface area contributed by atoms with Crippen molar-refractivity contribution in [2.45, 2.75) is 58.7 Å². The third-order valence-corrected chi connectivity index (χ3v) is 7.42. The second kappa shape index (κ2) is 11.2. The zero-order valence-electron chi connectivity index (χ0n) is 26.4. The van der Waals surface area contributed by atoms with Crippen molar-refractivity contribution in [2.24, 2.45) is 4.99 Å². The van der Waals surface area contributed by atoms with Crippen molar-refractivity contribution < 1.29 is 28.7 Å². The van der Waals surface area contributed by atoms with Crippen LogP contribution in [0.3, 0.4) is 0 Å². The lowest BCUT2D eigenvalue weighted by molar-refractivity contribution is -0.123. The van der Waals surface area contributed by atoms with Crippen molar-refractivity contribution >= 4 is 52.8 Å². The summed E-state index contributed by atoms with van der Waals surface area (Å²) in [5.41, 5.74) is 2.58. The average molecular weight is 626 g/mol. The number of nitrogens with one attached hydrogen (secondary N) is 3. The number of aromatic nitrogens is 2. The Balaban J connectivity index is 1.48. The number of alkyl carbamates (subject to hydrolysis) is 2. The molecule has 3 N–H and O–H groups in total. The highest BCUT2D eigenvalue weighted by Crippen LogP contribution is 2.48. The largest absolute Gasteiger partial charge is 0.444 e. The minimum absolute atomic E-state index is 0.0297. The molecule has 6 rings (SSSR count). The number of rotatable bonds is 4. The first-order valence-electron chi connectivity index (χ1n) is 14.9. The second-order valence-electron chi connectivity index (χ2n) is 13.1. The number of carbonyl (C=O) groups excluding carboxylic acids is 4. The van der Waals surface area contributed by atoms with Gasteiger partial charge < -0.3 is 14.4 Å². The van der Waals surface area contributed by atoms with E-state index in [1.54, 1.807) is 64.6 Å². The predicted molar refractivity (Wildman–Crippen MR) is 171 cm³/mol. The zero-order chi connectivity index (χ0) is 33.0. The maximum absolute atomic E-state index is 13.4. The van der Waals surface area contributed by atoms with Gasteiger partial charge in [0.2, 0.25) is 0 Å². The third kappa shape index (κ3) is 5.83. The molecule has 0 radical (unpaired) electrons. The van der Waals surface area contributed by atoms with Crippen LogP contribution in [0.4, 0.5) is 15.3 Å². The van der Waals surface area contributed by atoms with E-state index in [1.807, 2.05) is 36.4 Å². The molecular formula is C33H35N7O6. The topological polar surface area (TPSA) is 156 Å². The highest BCUT2D eigenvalue weighted by Gasteiger charge is 2.43. The summed E-state index contributed by atoms with van der Waals surface area (Å²) in [5.74, 6) is -1.45. The van der Waals surface area contributed by atoms with Gasteiger partial charge in [-0.3, -0.25) is 34.9 Å². The van der Waals surface area contributed by atoms with Crippen LogP contribution in [0, 0.1) is 0 Å². The van der Waals surface area contributed by atoms with E-state index in [0.29, 0.717) is 35.6 Å². The lowest BCUT2D eigenvalue weighted by atomic mass is 9.88. The molecule has 0 saturated carbocycles. The van der Waals surface area contributed by atoms with Gasteiger partial charge in [0.05, 0.1) is 29.7 Å². The molecule has 3 aliphatic rings. The molecule has 13 nitrogen and oxygen atoms in total. The van der Waals surface area contributed by atoms with Crippen LogP contribution in [-0.4, -0.2) is 63.9 Å². The molecule has 1 aromatic carbocycles. The fourth-order valence-corrected chi connectivity index (χ4v) is 5.84. The predicted octanol–water partition coefficient (Wildman–Crippen LogP) is 4.11. The van der Waals surface area contributed by atoms with Crippen LogP contribution >= 0.6 is 0 Å². The Hall–Kier alpha value is -5.46. The lowest BCUT2D eigenvalue weighted by Crippen LogP contribution is -2.41. The van der Waals surface area contributed by atoms with Crippen LogP contribution in [0.25, 0.3) is 16.9 Å². The van der Waals surface area contributed by atoms with Crippen LogP contribution < -0.4 is 20.9 Å². The Morgan fingerprint density at radius 1 is 0.935 bits per heavy atom. The summed E-state index contributed by atoms with van der Waals surface area (Å²) in [5, 5.41) is 7.79. The first-order valence-corrected chi connectivity index (χ1v) is 14.9. The summed E-state index contributed by atoms with van der Waals surface area (Å²) in [6, 6.07) is 11.0.